The Bertz CT molecular complexity index is 1080. The number of benzene rings is 1. The van der Waals surface area contributed by atoms with Crippen LogP contribution in [0, 0.1) is 0 Å². The lowest BCUT2D eigenvalue weighted by molar-refractivity contribution is 0.0638. The molecule has 1 aliphatic heterocycles. The highest BCUT2D eigenvalue weighted by atomic mass is 16.3. The average Bonchev–Trinajstić information content (AvgIpc) is 3.47. The molecular formula is C24H28N4O3. The fourth-order valence-corrected chi connectivity index (χ4v) is 4.72. The Hall–Kier alpha value is -3.06. The van der Waals surface area contributed by atoms with Gasteiger partial charge in [-0.15, -0.1) is 0 Å². The predicted molar refractivity (Wildman–Crippen MR) is 118 cm³/mol. The monoisotopic (exact) mass is 420 g/mol. The van der Waals surface area contributed by atoms with E-state index < -0.39 is 0 Å². The highest BCUT2D eigenvalue weighted by Gasteiger charge is 2.23. The van der Waals surface area contributed by atoms with Crippen molar-refractivity contribution in [1.29, 1.82) is 0 Å². The second kappa shape index (κ2) is 8.59. The van der Waals surface area contributed by atoms with E-state index >= 15 is 0 Å². The van der Waals surface area contributed by atoms with Gasteiger partial charge in [-0.3, -0.25) is 14.5 Å². The maximum absolute atomic E-state index is 13.1. The Morgan fingerprint density at radius 3 is 2.71 bits per heavy atom. The summed E-state index contributed by atoms with van der Waals surface area (Å²) in [5.74, 6) is 0.246. The summed E-state index contributed by atoms with van der Waals surface area (Å²) in [6, 6.07) is 9.44. The number of rotatable bonds is 5. The third kappa shape index (κ3) is 4.10. The number of furan rings is 1. The van der Waals surface area contributed by atoms with Crippen LogP contribution in [0.25, 0.3) is 10.9 Å². The van der Waals surface area contributed by atoms with Crippen LogP contribution in [0.15, 0.2) is 41.0 Å². The molecular weight excluding hydrogens is 392 g/mol. The molecule has 7 nitrogen and oxygen atoms in total. The lowest BCUT2D eigenvalue weighted by Gasteiger charge is -2.34. The zero-order valence-electron chi connectivity index (χ0n) is 17.7. The number of fused-ring (bicyclic) bond motifs is 3. The van der Waals surface area contributed by atoms with E-state index in [-0.39, 0.29) is 11.8 Å². The van der Waals surface area contributed by atoms with E-state index in [1.165, 1.54) is 35.7 Å². The van der Waals surface area contributed by atoms with E-state index in [2.05, 4.69) is 27.3 Å². The Labute approximate surface area is 181 Å². The third-order valence-corrected chi connectivity index (χ3v) is 6.46. The largest absolute Gasteiger partial charge is 0.459 e. The number of nitrogens with one attached hydrogen (secondary N) is 2. The van der Waals surface area contributed by atoms with Gasteiger partial charge in [0.2, 0.25) is 0 Å². The number of piperazine rings is 1. The maximum Gasteiger partial charge on any atom is 0.287 e. The van der Waals surface area contributed by atoms with E-state index in [0.29, 0.717) is 25.4 Å². The zero-order valence-corrected chi connectivity index (χ0v) is 17.7. The molecule has 31 heavy (non-hydrogen) atoms. The zero-order chi connectivity index (χ0) is 21.2. The summed E-state index contributed by atoms with van der Waals surface area (Å²) >= 11 is 0. The van der Waals surface area contributed by atoms with Crippen LogP contribution >= 0.6 is 0 Å². The minimum Gasteiger partial charge on any atom is -0.459 e. The topological polar surface area (TPSA) is 81.6 Å². The predicted octanol–water partition coefficient (Wildman–Crippen LogP) is 2.83. The first-order valence-corrected chi connectivity index (χ1v) is 11.2. The molecule has 2 amide bonds. The molecule has 1 fully saturated rings. The molecule has 1 aromatic carbocycles. The van der Waals surface area contributed by atoms with E-state index in [0.717, 1.165) is 43.6 Å². The van der Waals surface area contributed by atoms with Gasteiger partial charge in [0.1, 0.15) is 0 Å². The Morgan fingerprint density at radius 1 is 1.06 bits per heavy atom. The molecule has 0 bridgehead atoms. The van der Waals surface area contributed by atoms with Crippen molar-refractivity contribution in [1.82, 2.24) is 20.1 Å². The van der Waals surface area contributed by atoms with E-state index in [1.54, 1.807) is 12.1 Å². The van der Waals surface area contributed by atoms with Crippen LogP contribution < -0.4 is 5.32 Å². The van der Waals surface area contributed by atoms with Crippen molar-refractivity contribution in [2.24, 2.45) is 0 Å². The summed E-state index contributed by atoms with van der Waals surface area (Å²) in [4.78, 5) is 32.8. The summed E-state index contributed by atoms with van der Waals surface area (Å²) in [5.41, 5.74) is 4.67. The number of nitrogens with zero attached hydrogens (tertiary/aromatic N) is 2. The molecule has 0 radical (unpaired) electrons. The van der Waals surface area contributed by atoms with Gasteiger partial charge >= 0.3 is 0 Å². The fourth-order valence-electron chi connectivity index (χ4n) is 4.72. The molecule has 1 aliphatic carbocycles. The number of H-pyrrole nitrogens is 1. The fraction of sp³-hybridized carbons (Fsp3) is 0.417. The van der Waals surface area contributed by atoms with Gasteiger partial charge in [-0.05, 0) is 61.6 Å². The third-order valence-electron chi connectivity index (χ3n) is 6.46. The number of aromatic nitrogens is 1. The number of carbonyl (C=O) groups excluding carboxylic acids is 2. The Balaban J connectivity index is 1.15. The van der Waals surface area contributed by atoms with Crippen LogP contribution in [0.4, 0.5) is 0 Å². The van der Waals surface area contributed by atoms with Gasteiger partial charge in [-0.1, -0.05) is 0 Å². The first-order valence-electron chi connectivity index (χ1n) is 11.2. The lowest BCUT2D eigenvalue weighted by atomic mass is 9.95. The molecule has 162 valence electrons. The molecule has 1 saturated heterocycles. The molecule has 3 aromatic rings. The molecule has 0 spiro atoms. The van der Waals surface area contributed by atoms with Crippen molar-refractivity contribution in [2.45, 2.75) is 25.7 Å². The van der Waals surface area contributed by atoms with Crippen molar-refractivity contribution in [3.8, 4) is 0 Å². The summed E-state index contributed by atoms with van der Waals surface area (Å²) in [6.07, 6.45) is 6.16. The lowest BCUT2D eigenvalue weighted by Crippen LogP contribution is -2.50. The quantitative estimate of drug-likeness (QED) is 0.665. The average molecular weight is 421 g/mol. The van der Waals surface area contributed by atoms with Crippen LogP contribution in [-0.4, -0.2) is 65.9 Å². The molecule has 0 saturated carbocycles. The standard InChI is InChI=1S/C24H28N4O3/c29-23(22-6-3-15-31-22)25-9-10-27-11-13-28(14-12-27)24(30)17-7-8-21-19(16-17)18-4-1-2-5-20(18)26-21/h3,6-8,15-16,26H,1-2,4-5,9-14H2,(H,25,29). The molecule has 2 N–H and O–H groups in total. The van der Waals surface area contributed by atoms with Gasteiger partial charge in [0, 0.05) is 61.4 Å². The Kier molecular flexibility index (Phi) is 5.51. The number of carbonyl (C=O) groups is 2. The highest BCUT2D eigenvalue weighted by molar-refractivity contribution is 5.99. The number of amides is 2. The van der Waals surface area contributed by atoms with Gasteiger partial charge in [-0.25, -0.2) is 0 Å². The number of aryl methyl sites for hydroxylation is 2. The summed E-state index contributed by atoms with van der Waals surface area (Å²) in [6.45, 7) is 4.34. The minimum atomic E-state index is -0.193. The van der Waals surface area contributed by atoms with Crippen molar-refractivity contribution < 1.29 is 14.0 Å². The number of hydrogen-bond acceptors (Lipinski definition) is 4. The first kappa shape index (κ1) is 19.9. The van der Waals surface area contributed by atoms with Crippen molar-refractivity contribution >= 4 is 22.7 Å². The number of hydrogen-bond donors (Lipinski definition) is 2. The number of aromatic amines is 1. The van der Waals surface area contributed by atoms with Crippen LogP contribution in [0.1, 0.15) is 45.0 Å². The van der Waals surface area contributed by atoms with Crippen molar-refractivity contribution in [2.75, 3.05) is 39.3 Å². The summed E-state index contributed by atoms with van der Waals surface area (Å²) in [7, 11) is 0. The van der Waals surface area contributed by atoms with E-state index in [4.69, 9.17) is 4.42 Å². The van der Waals surface area contributed by atoms with Crippen LogP contribution in [0.3, 0.4) is 0 Å². The molecule has 5 rings (SSSR count). The summed E-state index contributed by atoms with van der Waals surface area (Å²) in [5, 5.41) is 4.09. The maximum atomic E-state index is 13.1. The second-order valence-electron chi connectivity index (χ2n) is 8.42. The van der Waals surface area contributed by atoms with Gasteiger partial charge in [0.05, 0.1) is 6.26 Å². The highest BCUT2D eigenvalue weighted by Crippen LogP contribution is 2.30. The van der Waals surface area contributed by atoms with E-state index in [1.807, 2.05) is 11.0 Å². The van der Waals surface area contributed by atoms with Crippen molar-refractivity contribution in [3.05, 3.63) is 59.2 Å². The molecule has 2 aromatic heterocycles. The molecule has 2 aliphatic rings. The van der Waals surface area contributed by atoms with Crippen molar-refractivity contribution in [3.63, 3.8) is 0 Å². The van der Waals surface area contributed by atoms with Gasteiger partial charge in [0.15, 0.2) is 5.76 Å². The van der Waals surface area contributed by atoms with Crippen LogP contribution in [0.2, 0.25) is 0 Å². The minimum absolute atomic E-state index is 0.110. The Morgan fingerprint density at radius 2 is 1.90 bits per heavy atom. The normalized spacial score (nSPS) is 17.0. The molecule has 3 heterocycles. The van der Waals surface area contributed by atoms with Crippen LogP contribution in [0.5, 0.6) is 0 Å². The van der Waals surface area contributed by atoms with E-state index in [9.17, 15) is 9.59 Å². The smallest absolute Gasteiger partial charge is 0.287 e. The van der Waals surface area contributed by atoms with Crippen LogP contribution in [-0.2, 0) is 12.8 Å². The van der Waals surface area contributed by atoms with Gasteiger partial charge in [-0.2, -0.15) is 0 Å². The molecule has 0 atom stereocenters. The van der Waals surface area contributed by atoms with Gasteiger partial charge < -0.3 is 19.6 Å². The molecule has 7 heteroatoms. The van der Waals surface area contributed by atoms with Gasteiger partial charge in [0.25, 0.3) is 11.8 Å². The SMILES string of the molecule is O=C(NCCN1CCN(C(=O)c2ccc3[nH]c4c(c3c2)CCCC4)CC1)c1ccco1. The first-order chi connectivity index (χ1) is 15.2. The second-order valence-corrected chi connectivity index (χ2v) is 8.42. The summed E-state index contributed by atoms with van der Waals surface area (Å²) < 4.78 is 5.10. The molecule has 0 unspecified atom stereocenters.